The maximum Gasteiger partial charge on any atom is 0.255 e. The van der Waals surface area contributed by atoms with Crippen LogP contribution in [-0.2, 0) is 6.42 Å². The zero-order chi connectivity index (χ0) is 25.5. The van der Waals surface area contributed by atoms with Gasteiger partial charge in [-0.15, -0.1) is 0 Å². The maximum atomic E-state index is 12.9. The highest BCUT2D eigenvalue weighted by molar-refractivity contribution is 6.09. The molecule has 4 N–H and O–H groups in total. The predicted molar refractivity (Wildman–Crippen MR) is 137 cm³/mol. The Balaban J connectivity index is 1.41. The molecule has 2 amide bonds. The largest absolute Gasteiger partial charge is 0.382 e. The average Bonchev–Trinajstić information content (AvgIpc) is 3.23. The van der Waals surface area contributed by atoms with Crippen molar-refractivity contribution in [3.8, 4) is 11.8 Å². The van der Waals surface area contributed by atoms with Gasteiger partial charge < -0.3 is 16.4 Å². The Morgan fingerprint density at radius 2 is 1.78 bits per heavy atom. The highest BCUT2D eigenvalue weighted by Crippen LogP contribution is 2.23. The summed E-state index contributed by atoms with van der Waals surface area (Å²) >= 11 is 0. The fraction of sp³-hybridized carbons (Fsp3) is 0.148. The Kier molecular flexibility index (Phi) is 7.36. The summed E-state index contributed by atoms with van der Waals surface area (Å²) < 4.78 is 1.55. The number of rotatable bonds is 8. The molecule has 4 rings (SSSR count). The van der Waals surface area contributed by atoms with Crippen molar-refractivity contribution in [3.63, 3.8) is 0 Å². The van der Waals surface area contributed by atoms with Crippen LogP contribution in [0.5, 0.6) is 0 Å². The molecule has 0 spiro atoms. The zero-order valence-electron chi connectivity index (χ0n) is 19.7. The summed E-state index contributed by atoms with van der Waals surface area (Å²) in [5.41, 5.74) is 9.88. The third kappa shape index (κ3) is 5.23. The highest BCUT2D eigenvalue weighted by atomic mass is 16.2. The van der Waals surface area contributed by atoms with Crippen molar-refractivity contribution in [1.82, 2.24) is 20.1 Å². The summed E-state index contributed by atoms with van der Waals surface area (Å²) in [7, 11) is 0. The molecule has 2 aromatic carbocycles. The van der Waals surface area contributed by atoms with E-state index in [1.54, 1.807) is 28.9 Å². The quantitative estimate of drug-likeness (QED) is 0.330. The van der Waals surface area contributed by atoms with Crippen LogP contribution in [0.15, 0.2) is 73.1 Å². The first-order chi connectivity index (χ1) is 17.5. The van der Waals surface area contributed by atoms with Gasteiger partial charge in [0.25, 0.3) is 11.8 Å². The van der Waals surface area contributed by atoms with Crippen molar-refractivity contribution in [3.05, 3.63) is 101 Å². The van der Waals surface area contributed by atoms with Crippen LogP contribution >= 0.6 is 0 Å². The smallest absolute Gasteiger partial charge is 0.255 e. The molecule has 0 radical (unpaired) electrons. The minimum absolute atomic E-state index is 0.289. The first-order valence-electron chi connectivity index (χ1n) is 11.4. The lowest BCUT2D eigenvalue weighted by molar-refractivity contribution is 0.0954. The fourth-order valence-electron chi connectivity index (χ4n) is 3.81. The molecule has 0 bridgehead atoms. The first kappa shape index (κ1) is 24.2. The number of nitriles is 1. The molecule has 2 heterocycles. The lowest BCUT2D eigenvalue weighted by Crippen LogP contribution is -2.27. The Bertz CT molecular complexity index is 1420. The summed E-state index contributed by atoms with van der Waals surface area (Å²) in [5, 5.41) is 19.8. The number of nitrogens with one attached hydrogen (secondary N) is 2. The van der Waals surface area contributed by atoms with Gasteiger partial charge in [0.1, 0.15) is 17.5 Å². The van der Waals surface area contributed by atoms with E-state index in [2.05, 4.69) is 26.8 Å². The minimum Gasteiger partial charge on any atom is -0.382 e. The summed E-state index contributed by atoms with van der Waals surface area (Å²) in [4.78, 5) is 29.5. The van der Waals surface area contributed by atoms with Gasteiger partial charge in [0.2, 0.25) is 0 Å². The highest BCUT2D eigenvalue weighted by Gasteiger charge is 2.18. The van der Waals surface area contributed by atoms with Crippen molar-refractivity contribution >= 4 is 23.3 Å². The molecule has 0 fully saturated rings. The van der Waals surface area contributed by atoms with E-state index in [1.807, 2.05) is 43.3 Å². The summed E-state index contributed by atoms with van der Waals surface area (Å²) in [5.74, 6) is -0.341. The average molecular weight is 480 g/mol. The second kappa shape index (κ2) is 11.0. The Morgan fingerprint density at radius 3 is 2.50 bits per heavy atom. The number of para-hydroxylation sites is 2. The Morgan fingerprint density at radius 1 is 1.03 bits per heavy atom. The van der Waals surface area contributed by atoms with E-state index in [-0.39, 0.29) is 17.6 Å². The number of aryl methyl sites for hydroxylation is 2. The van der Waals surface area contributed by atoms with Crippen LogP contribution in [-0.4, -0.2) is 33.1 Å². The number of benzene rings is 2. The Labute approximate surface area is 208 Å². The molecule has 0 aliphatic heterocycles. The molecule has 2 aromatic heterocycles. The number of hydrogen-bond donors (Lipinski definition) is 3. The maximum absolute atomic E-state index is 12.9. The van der Waals surface area contributed by atoms with Gasteiger partial charge in [0, 0.05) is 24.5 Å². The molecule has 180 valence electrons. The van der Waals surface area contributed by atoms with E-state index in [0.29, 0.717) is 47.5 Å². The second-order valence-electron chi connectivity index (χ2n) is 8.11. The number of aromatic nitrogens is 3. The van der Waals surface area contributed by atoms with Crippen LogP contribution in [0.2, 0.25) is 0 Å². The number of amides is 2. The Hall–Kier alpha value is -4.97. The number of carbonyl (C=O) groups is 2. The lowest BCUT2D eigenvalue weighted by atomic mass is 10.1. The van der Waals surface area contributed by atoms with Crippen molar-refractivity contribution in [2.45, 2.75) is 19.8 Å². The van der Waals surface area contributed by atoms with Gasteiger partial charge in [-0.2, -0.15) is 10.4 Å². The second-order valence-corrected chi connectivity index (χ2v) is 8.11. The number of carbonyl (C=O) groups excluding carboxylic acids is 2. The molecule has 0 aliphatic carbocycles. The van der Waals surface area contributed by atoms with Crippen LogP contribution < -0.4 is 16.4 Å². The summed E-state index contributed by atoms with van der Waals surface area (Å²) in [6.45, 7) is 2.18. The molecule has 0 atom stereocenters. The number of nitrogen functional groups attached to an aromatic ring is 1. The molecule has 36 heavy (non-hydrogen) atoms. The van der Waals surface area contributed by atoms with Crippen LogP contribution in [0, 0.1) is 18.3 Å². The van der Waals surface area contributed by atoms with Crippen molar-refractivity contribution in [2.24, 2.45) is 0 Å². The molecule has 9 nitrogen and oxygen atoms in total. The van der Waals surface area contributed by atoms with E-state index in [4.69, 9.17) is 5.73 Å². The van der Waals surface area contributed by atoms with E-state index in [1.165, 1.54) is 12.4 Å². The SMILES string of the molecule is Cc1cccc(C(=O)NCCCc2nn(-c3ccccc3)c(N)c2C#N)c1NC(=O)c1ccncc1. The van der Waals surface area contributed by atoms with Crippen LogP contribution in [0.1, 0.15) is 44.0 Å². The number of nitrogens with zero attached hydrogens (tertiary/aromatic N) is 4. The van der Waals surface area contributed by atoms with Crippen molar-refractivity contribution in [2.75, 3.05) is 17.6 Å². The predicted octanol–water partition coefficient (Wildman–Crippen LogP) is 3.64. The molecule has 0 aliphatic rings. The van der Waals surface area contributed by atoms with Crippen LogP contribution in [0.3, 0.4) is 0 Å². The van der Waals surface area contributed by atoms with Gasteiger partial charge in [-0.25, -0.2) is 4.68 Å². The third-order valence-corrected chi connectivity index (χ3v) is 5.68. The van der Waals surface area contributed by atoms with E-state index >= 15 is 0 Å². The van der Waals surface area contributed by atoms with Crippen LogP contribution in [0.4, 0.5) is 11.5 Å². The molecular weight excluding hydrogens is 454 g/mol. The molecule has 9 heteroatoms. The number of nitrogens with two attached hydrogens (primary N) is 1. The minimum atomic E-state index is -0.323. The summed E-state index contributed by atoms with van der Waals surface area (Å²) in [6.07, 6.45) is 4.09. The fourth-order valence-corrected chi connectivity index (χ4v) is 3.81. The zero-order valence-corrected chi connectivity index (χ0v) is 19.7. The molecule has 0 saturated carbocycles. The van der Waals surface area contributed by atoms with E-state index in [0.717, 1.165) is 11.3 Å². The van der Waals surface area contributed by atoms with Gasteiger partial charge in [0.05, 0.1) is 22.6 Å². The van der Waals surface area contributed by atoms with Gasteiger partial charge in [-0.3, -0.25) is 14.6 Å². The van der Waals surface area contributed by atoms with E-state index in [9.17, 15) is 14.9 Å². The number of anilines is 2. The first-order valence-corrected chi connectivity index (χ1v) is 11.4. The van der Waals surface area contributed by atoms with Gasteiger partial charge in [0.15, 0.2) is 0 Å². The van der Waals surface area contributed by atoms with Gasteiger partial charge in [-0.1, -0.05) is 30.3 Å². The van der Waals surface area contributed by atoms with Crippen molar-refractivity contribution < 1.29 is 9.59 Å². The normalized spacial score (nSPS) is 10.4. The van der Waals surface area contributed by atoms with Gasteiger partial charge in [-0.05, 0) is 55.7 Å². The number of hydrogen-bond acceptors (Lipinski definition) is 6. The van der Waals surface area contributed by atoms with Gasteiger partial charge >= 0.3 is 0 Å². The molecule has 0 saturated heterocycles. The summed E-state index contributed by atoms with van der Waals surface area (Å²) in [6, 6.07) is 20.0. The monoisotopic (exact) mass is 479 g/mol. The standard InChI is InChI=1S/C27H25N7O2/c1-18-7-5-10-21(24(18)32-26(35)19-12-15-30-16-13-19)27(36)31-14-6-11-23-22(17-28)25(29)34(33-23)20-8-3-2-4-9-20/h2-5,7-10,12-13,15-16H,6,11,14,29H2,1H3,(H,31,36)(H,32,35). The molecule has 0 unspecified atom stereocenters. The number of pyridine rings is 1. The van der Waals surface area contributed by atoms with E-state index < -0.39 is 0 Å². The third-order valence-electron chi connectivity index (χ3n) is 5.68. The van der Waals surface area contributed by atoms with Crippen molar-refractivity contribution in [1.29, 1.82) is 5.26 Å². The molecular formula is C27H25N7O2. The molecule has 4 aromatic rings. The van der Waals surface area contributed by atoms with Crippen LogP contribution in [0.25, 0.3) is 5.69 Å². The lowest BCUT2D eigenvalue weighted by Gasteiger charge is -2.14. The topological polar surface area (TPSA) is 139 Å².